The summed E-state index contributed by atoms with van der Waals surface area (Å²) >= 11 is 0. The van der Waals surface area contributed by atoms with Crippen molar-refractivity contribution in [3.63, 3.8) is 0 Å². The van der Waals surface area contributed by atoms with Crippen molar-refractivity contribution in [2.45, 2.75) is 18.9 Å². The lowest BCUT2D eigenvalue weighted by atomic mass is 10.1. The third-order valence-corrected chi connectivity index (χ3v) is 3.68. The zero-order valence-electron chi connectivity index (χ0n) is 12.9. The van der Waals surface area contributed by atoms with Gasteiger partial charge in [-0.3, -0.25) is 4.79 Å². The van der Waals surface area contributed by atoms with Crippen LogP contribution in [0.15, 0.2) is 48.5 Å². The van der Waals surface area contributed by atoms with E-state index in [1.807, 2.05) is 30.3 Å². The first-order chi connectivity index (χ1) is 11.6. The Morgan fingerprint density at radius 1 is 1.25 bits per heavy atom. The van der Waals surface area contributed by atoms with Gasteiger partial charge in [-0.05, 0) is 30.5 Å². The Balaban J connectivity index is 1.68. The maximum Gasteiger partial charge on any atom is 0.344 e. The van der Waals surface area contributed by atoms with E-state index in [9.17, 15) is 14.7 Å². The largest absolute Gasteiger partial charge is 0.482 e. The van der Waals surface area contributed by atoms with Crippen LogP contribution in [0.1, 0.15) is 12.0 Å². The molecule has 1 aliphatic rings. The highest BCUT2D eigenvalue weighted by Crippen LogP contribution is 2.32. The maximum atomic E-state index is 11.4. The summed E-state index contributed by atoms with van der Waals surface area (Å²) in [6, 6.07) is 14.5. The van der Waals surface area contributed by atoms with Gasteiger partial charge in [0.25, 0.3) is 5.91 Å². The van der Waals surface area contributed by atoms with Crippen molar-refractivity contribution in [2.24, 2.45) is 0 Å². The highest BCUT2D eigenvalue weighted by molar-refractivity contribution is 5.95. The number of carbonyl (C=O) groups is 2. The van der Waals surface area contributed by atoms with Crippen molar-refractivity contribution in [3.8, 4) is 11.5 Å². The molecule has 0 saturated heterocycles. The molecule has 0 bridgehead atoms. The minimum absolute atomic E-state index is 0.0258. The number of aliphatic carboxylic acids is 1. The van der Waals surface area contributed by atoms with Crippen LogP contribution >= 0.6 is 0 Å². The van der Waals surface area contributed by atoms with Gasteiger partial charge in [-0.2, -0.15) is 0 Å². The second kappa shape index (κ2) is 7.04. The Labute approximate surface area is 139 Å². The van der Waals surface area contributed by atoms with E-state index in [0.717, 1.165) is 5.56 Å². The van der Waals surface area contributed by atoms with E-state index in [4.69, 9.17) is 9.47 Å². The Morgan fingerprint density at radius 3 is 2.79 bits per heavy atom. The highest BCUT2D eigenvalue weighted by Gasteiger charge is 2.21. The molecule has 1 atom stereocenters. The summed E-state index contributed by atoms with van der Waals surface area (Å²) in [4.78, 5) is 22.8. The van der Waals surface area contributed by atoms with Crippen LogP contribution in [0.5, 0.6) is 11.5 Å². The van der Waals surface area contributed by atoms with Gasteiger partial charge in [0.05, 0.1) is 5.69 Å². The van der Waals surface area contributed by atoms with Gasteiger partial charge in [-0.25, -0.2) is 4.79 Å². The summed E-state index contributed by atoms with van der Waals surface area (Å²) in [7, 11) is 0. The van der Waals surface area contributed by atoms with E-state index in [-0.39, 0.29) is 12.5 Å². The first-order valence-corrected chi connectivity index (χ1v) is 7.62. The van der Waals surface area contributed by atoms with Crippen molar-refractivity contribution in [1.82, 2.24) is 0 Å². The van der Waals surface area contributed by atoms with Gasteiger partial charge in [0.2, 0.25) is 0 Å². The summed E-state index contributed by atoms with van der Waals surface area (Å²) < 4.78 is 10.9. The van der Waals surface area contributed by atoms with E-state index >= 15 is 0 Å². The molecule has 6 heteroatoms. The standard InChI is InChI=1S/C18H17NO5/c20-17-11-23-15-9-7-13(10-14(15)19-17)24-16(18(21)22)8-6-12-4-2-1-3-5-12/h1-5,7,9-10,16H,6,8,11H2,(H,19,20)(H,21,22). The fraction of sp³-hybridized carbons (Fsp3) is 0.222. The number of aryl methyl sites for hydroxylation is 1. The average Bonchev–Trinajstić information content (AvgIpc) is 2.59. The Morgan fingerprint density at radius 2 is 2.04 bits per heavy atom. The maximum absolute atomic E-state index is 11.4. The topological polar surface area (TPSA) is 84.9 Å². The number of hydrogen-bond acceptors (Lipinski definition) is 4. The number of hydrogen-bond donors (Lipinski definition) is 2. The van der Waals surface area contributed by atoms with Gasteiger partial charge in [-0.1, -0.05) is 30.3 Å². The highest BCUT2D eigenvalue weighted by atomic mass is 16.5. The lowest BCUT2D eigenvalue weighted by Gasteiger charge is -2.20. The van der Waals surface area contributed by atoms with E-state index in [1.165, 1.54) is 0 Å². The van der Waals surface area contributed by atoms with E-state index in [0.29, 0.717) is 30.0 Å². The van der Waals surface area contributed by atoms with E-state index in [1.54, 1.807) is 18.2 Å². The minimum atomic E-state index is -1.02. The van der Waals surface area contributed by atoms with Crippen LogP contribution in [0.2, 0.25) is 0 Å². The molecule has 1 aliphatic heterocycles. The molecule has 6 nitrogen and oxygen atoms in total. The van der Waals surface area contributed by atoms with Crippen molar-refractivity contribution in [3.05, 3.63) is 54.1 Å². The molecule has 3 rings (SSSR count). The van der Waals surface area contributed by atoms with Crippen molar-refractivity contribution >= 4 is 17.6 Å². The molecular weight excluding hydrogens is 310 g/mol. The lowest BCUT2D eigenvalue weighted by Crippen LogP contribution is -2.28. The van der Waals surface area contributed by atoms with Gasteiger partial charge < -0.3 is 19.9 Å². The smallest absolute Gasteiger partial charge is 0.344 e. The van der Waals surface area contributed by atoms with Crippen molar-refractivity contribution in [2.75, 3.05) is 11.9 Å². The number of rotatable bonds is 6. The molecule has 2 N–H and O–H groups in total. The number of fused-ring (bicyclic) bond motifs is 1. The lowest BCUT2D eigenvalue weighted by molar-refractivity contribution is -0.145. The number of nitrogens with one attached hydrogen (secondary N) is 1. The predicted octanol–water partition coefficient (Wildman–Crippen LogP) is 2.48. The molecule has 0 spiro atoms. The molecule has 0 radical (unpaired) electrons. The summed E-state index contributed by atoms with van der Waals surface area (Å²) in [6.45, 7) is -0.0258. The normalized spacial score (nSPS) is 14.1. The number of carbonyl (C=O) groups excluding carboxylic acids is 1. The van der Waals surface area contributed by atoms with Crippen LogP contribution in [0.25, 0.3) is 0 Å². The summed E-state index contributed by atoms with van der Waals surface area (Å²) in [6.07, 6.45) is -0.0227. The minimum Gasteiger partial charge on any atom is -0.482 e. The number of anilines is 1. The van der Waals surface area contributed by atoms with Crippen molar-refractivity contribution < 1.29 is 24.2 Å². The SMILES string of the molecule is O=C1COc2ccc(OC(CCc3ccccc3)C(=O)O)cc2N1. The number of carboxylic acids is 1. The molecule has 0 saturated carbocycles. The molecule has 1 unspecified atom stereocenters. The zero-order valence-corrected chi connectivity index (χ0v) is 12.9. The van der Waals surface area contributed by atoms with Crippen LogP contribution in [0, 0.1) is 0 Å². The molecule has 1 heterocycles. The van der Waals surface area contributed by atoms with Crippen LogP contribution in [0.4, 0.5) is 5.69 Å². The van der Waals surface area contributed by atoms with Crippen LogP contribution in [0.3, 0.4) is 0 Å². The Hall–Kier alpha value is -3.02. The second-order valence-electron chi connectivity index (χ2n) is 5.46. The van der Waals surface area contributed by atoms with E-state index in [2.05, 4.69) is 5.32 Å². The van der Waals surface area contributed by atoms with Gasteiger partial charge in [-0.15, -0.1) is 0 Å². The van der Waals surface area contributed by atoms with Gasteiger partial charge >= 0.3 is 5.97 Å². The second-order valence-corrected chi connectivity index (χ2v) is 5.46. The predicted molar refractivity (Wildman–Crippen MR) is 87.4 cm³/mol. The van der Waals surface area contributed by atoms with Gasteiger partial charge in [0, 0.05) is 6.07 Å². The molecule has 2 aromatic rings. The van der Waals surface area contributed by atoms with Crippen LogP contribution in [-0.4, -0.2) is 29.7 Å². The molecular formula is C18H17NO5. The number of benzene rings is 2. The molecule has 0 aromatic heterocycles. The molecule has 0 aliphatic carbocycles. The fourth-order valence-corrected chi connectivity index (χ4v) is 2.48. The number of carboxylic acid groups (broad SMARTS) is 1. The fourth-order valence-electron chi connectivity index (χ4n) is 2.48. The van der Waals surface area contributed by atoms with E-state index < -0.39 is 12.1 Å². The molecule has 24 heavy (non-hydrogen) atoms. The Bertz CT molecular complexity index is 744. The summed E-state index contributed by atoms with van der Waals surface area (Å²) in [5.41, 5.74) is 1.54. The summed E-state index contributed by atoms with van der Waals surface area (Å²) in [5.74, 6) is -0.361. The number of ether oxygens (including phenoxy) is 2. The zero-order chi connectivity index (χ0) is 16.9. The van der Waals surface area contributed by atoms with Crippen LogP contribution < -0.4 is 14.8 Å². The van der Waals surface area contributed by atoms with Gasteiger partial charge in [0.15, 0.2) is 12.7 Å². The van der Waals surface area contributed by atoms with Crippen molar-refractivity contribution in [1.29, 1.82) is 0 Å². The summed E-state index contributed by atoms with van der Waals surface area (Å²) in [5, 5.41) is 12.0. The molecule has 1 amide bonds. The Kier molecular flexibility index (Phi) is 4.65. The third kappa shape index (κ3) is 3.84. The third-order valence-electron chi connectivity index (χ3n) is 3.68. The quantitative estimate of drug-likeness (QED) is 0.851. The molecule has 0 fully saturated rings. The first-order valence-electron chi connectivity index (χ1n) is 7.62. The average molecular weight is 327 g/mol. The van der Waals surface area contributed by atoms with Gasteiger partial charge in [0.1, 0.15) is 11.5 Å². The van der Waals surface area contributed by atoms with Crippen LogP contribution in [-0.2, 0) is 16.0 Å². The first kappa shape index (κ1) is 15.9. The molecule has 2 aromatic carbocycles. The monoisotopic (exact) mass is 327 g/mol. The molecule has 124 valence electrons. The number of amides is 1.